The van der Waals surface area contributed by atoms with Crippen LogP contribution in [0.5, 0.6) is 0 Å². The maximum atomic E-state index is 11.4. The summed E-state index contributed by atoms with van der Waals surface area (Å²) in [7, 11) is 0. The van der Waals surface area contributed by atoms with Crippen LogP contribution in [0.15, 0.2) is 0 Å². The second-order valence-electron chi connectivity index (χ2n) is 7.48. The summed E-state index contributed by atoms with van der Waals surface area (Å²) in [5.41, 5.74) is 0. The fourth-order valence-corrected chi connectivity index (χ4v) is 3.73. The van der Waals surface area contributed by atoms with Crippen molar-refractivity contribution >= 4 is 23.9 Å². The number of hydrogen-bond acceptors (Lipinski definition) is 10. The van der Waals surface area contributed by atoms with Crippen molar-refractivity contribution in [2.45, 2.75) is 90.0 Å². The molecule has 2 aliphatic rings. The minimum absolute atomic E-state index is 0.0721. The van der Waals surface area contributed by atoms with Crippen LogP contribution < -0.4 is 0 Å². The van der Waals surface area contributed by atoms with Gasteiger partial charge in [0.25, 0.3) is 0 Å². The number of hydrogen-bond donors (Lipinski definition) is 0. The predicted molar refractivity (Wildman–Crippen MR) is 100 cm³/mol. The minimum atomic E-state index is -0.689. The van der Waals surface area contributed by atoms with E-state index in [0.717, 1.165) is 0 Å². The Morgan fingerprint density at radius 3 is 1.33 bits per heavy atom. The van der Waals surface area contributed by atoms with Crippen LogP contribution in [-0.4, -0.2) is 73.7 Å². The van der Waals surface area contributed by atoms with Crippen molar-refractivity contribution in [2.24, 2.45) is 0 Å². The third kappa shape index (κ3) is 7.56. The Labute approximate surface area is 175 Å². The third-order valence-electron chi connectivity index (χ3n) is 4.95. The molecule has 10 heteroatoms. The quantitative estimate of drug-likeness (QED) is 0.387. The van der Waals surface area contributed by atoms with Crippen LogP contribution in [0, 0.1) is 0 Å². The average Bonchev–Trinajstić information content (AvgIpc) is 3.30. The molecule has 0 radical (unpaired) electrons. The van der Waals surface area contributed by atoms with Gasteiger partial charge in [0.1, 0.15) is 13.2 Å². The molecule has 2 saturated heterocycles. The third-order valence-corrected chi connectivity index (χ3v) is 4.95. The molecule has 170 valence electrons. The summed E-state index contributed by atoms with van der Waals surface area (Å²) in [5.74, 6) is -1.89. The van der Waals surface area contributed by atoms with Crippen LogP contribution in [0.25, 0.3) is 0 Å². The Kier molecular flexibility index (Phi) is 9.04. The maximum Gasteiger partial charge on any atom is 0.303 e. The van der Waals surface area contributed by atoms with Gasteiger partial charge in [-0.15, -0.1) is 0 Å². The Bertz CT molecular complexity index is 579. The maximum absolute atomic E-state index is 11.4. The van der Waals surface area contributed by atoms with E-state index in [1.54, 1.807) is 0 Å². The summed E-state index contributed by atoms with van der Waals surface area (Å²) in [6, 6.07) is 0. The topological polar surface area (TPSA) is 124 Å². The molecule has 0 amide bonds. The zero-order chi connectivity index (χ0) is 22.3. The van der Waals surface area contributed by atoms with Crippen molar-refractivity contribution < 1.29 is 47.6 Å². The largest absolute Gasteiger partial charge is 0.462 e. The highest BCUT2D eigenvalue weighted by Gasteiger charge is 2.43. The van der Waals surface area contributed by atoms with Crippen LogP contribution in [-0.2, 0) is 47.6 Å². The molecule has 0 bridgehead atoms. The van der Waals surface area contributed by atoms with Gasteiger partial charge in [0.15, 0.2) is 12.2 Å². The van der Waals surface area contributed by atoms with E-state index < -0.39 is 48.3 Å². The smallest absolute Gasteiger partial charge is 0.303 e. The summed E-state index contributed by atoms with van der Waals surface area (Å²) in [6.45, 7) is 5.00. The average molecular weight is 430 g/mol. The zero-order valence-corrected chi connectivity index (χ0v) is 17.8. The highest BCUT2D eigenvalue weighted by Crippen LogP contribution is 2.34. The Balaban J connectivity index is 1.92. The lowest BCUT2D eigenvalue weighted by Gasteiger charge is -2.26. The molecule has 2 heterocycles. The van der Waals surface area contributed by atoms with Gasteiger partial charge in [-0.3, -0.25) is 19.2 Å². The number of rotatable bonds is 9. The monoisotopic (exact) mass is 430 g/mol. The van der Waals surface area contributed by atoms with E-state index in [1.807, 2.05) is 0 Å². The van der Waals surface area contributed by atoms with Crippen molar-refractivity contribution in [3.63, 3.8) is 0 Å². The zero-order valence-electron chi connectivity index (χ0n) is 17.8. The van der Waals surface area contributed by atoms with E-state index in [2.05, 4.69) is 0 Å². The first-order chi connectivity index (χ1) is 14.2. The lowest BCUT2D eigenvalue weighted by Crippen LogP contribution is -2.38. The van der Waals surface area contributed by atoms with Crippen LogP contribution >= 0.6 is 0 Å². The van der Waals surface area contributed by atoms with Gasteiger partial charge in [-0.25, -0.2) is 0 Å². The first-order valence-corrected chi connectivity index (χ1v) is 10.1. The fourth-order valence-electron chi connectivity index (χ4n) is 3.73. The van der Waals surface area contributed by atoms with Gasteiger partial charge in [-0.1, -0.05) is 0 Å². The van der Waals surface area contributed by atoms with E-state index in [-0.39, 0.29) is 25.4 Å². The Hall–Kier alpha value is -2.20. The van der Waals surface area contributed by atoms with Crippen LogP contribution in [0.2, 0.25) is 0 Å². The number of carbonyl (C=O) groups is 4. The van der Waals surface area contributed by atoms with Crippen molar-refractivity contribution in [1.29, 1.82) is 0 Å². The molecular formula is C20H30O10. The lowest BCUT2D eigenvalue weighted by atomic mass is 10.0. The van der Waals surface area contributed by atoms with Crippen molar-refractivity contribution in [3.8, 4) is 0 Å². The van der Waals surface area contributed by atoms with Gasteiger partial charge >= 0.3 is 23.9 Å². The molecule has 0 spiro atoms. The normalized spacial score (nSPS) is 27.7. The minimum Gasteiger partial charge on any atom is -0.462 e. The molecule has 2 fully saturated rings. The highest BCUT2D eigenvalue weighted by molar-refractivity contribution is 5.67. The van der Waals surface area contributed by atoms with Crippen molar-refractivity contribution in [1.82, 2.24) is 0 Å². The summed E-state index contributed by atoms with van der Waals surface area (Å²) < 4.78 is 32.6. The molecule has 10 nitrogen and oxygen atoms in total. The molecule has 0 saturated carbocycles. The van der Waals surface area contributed by atoms with Gasteiger partial charge < -0.3 is 28.4 Å². The standard InChI is InChI=1S/C20H30O10/c1-11(21)25-9-19(27-13(3)23)17-7-5-15(29-17)16-6-8-18(30-16)20(28-14(4)24)10-26-12(2)22/h15-20H,5-10H2,1-4H3. The molecule has 30 heavy (non-hydrogen) atoms. The highest BCUT2D eigenvalue weighted by atomic mass is 16.6. The number of carbonyl (C=O) groups excluding carboxylic acids is 4. The molecule has 0 aromatic carbocycles. The summed E-state index contributed by atoms with van der Waals surface area (Å²) >= 11 is 0. The van der Waals surface area contributed by atoms with E-state index in [4.69, 9.17) is 28.4 Å². The molecule has 0 aromatic rings. The summed E-state index contributed by atoms with van der Waals surface area (Å²) in [5, 5.41) is 0. The van der Waals surface area contributed by atoms with Gasteiger partial charge in [0, 0.05) is 27.7 Å². The molecule has 0 aromatic heterocycles. The molecular weight excluding hydrogens is 400 g/mol. The number of esters is 4. The second kappa shape index (κ2) is 11.3. The van der Waals surface area contributed by atoms with Gasteiger partial charge in [-0.2, -0.15) is 0 Å². The summed E-state index contributed by atoms with van der Waals surface area (Å²) in [4.78, 5) is 45.0. The first-order valence-electron chi connectivity index (χ1n) is 10.1. The Morgan fingerprint density at radius 2 is 1.03 bits per heavy atom. The van der Waals surface area contributed by atoms with E-state index in [1.165, 1.54) is 27.7 Å². The van der Waals surface area contributed by atoms with Gasteiger partial charge in [0.05, 0.1) is 24.4 Å². The van der Waals surface area contributed by atoms with Gasteiger partial charge in [0.2, 0.25) is 0 Å². The van der Waals surface area contributed by atoms with Gasteiger partial charge in [-0.05, 0) is 25.7 Å². The van der Waals surface area contributed by atoms with E-state index >= 15 is 0 Å². The lowest BCUT2D eigenvalue weighted by molar-refractivity contribution is -0.174. The molecule has 2 aliphatic heterocycles. The summed E-state index contributed by atoms with van der Waals surface area (Å²) in [6.07, 6.45) is -0.0615. The van der Waals surface area contributed by atoms with Crippen LogP contribution in [0.4, 0.5) is 0 Å². The fraction of sp³-hybridized carbons (Fsp3) is 0.800. The molecule has 0 aliphatic carbocycles. The van der Waals surface area contributed by atoms with Crippen molar-refractivity contribution in [3.05, 3.63) is 0 Å². The number of ether oxygens (including phenoxy) is 6. The SMILES string of the molecule is CC(=O)OCC(OC(C)=O)C1CCC(C2CCC(C(COC(C)=O)OC(C)=O)O2)O1. The van der Waals surface area contributed by atoms with Crippen molar-refractivity contribution in [2.75, 3.05) is 13.2 Å². The second-order valence-corrected chi connectivity index (χ2v) is 7.48. The van der Waals surface area contributed by atoms with E-state index in [0.29, 0.717) is 25.7 Å². The molecule has 6 unspecified atom stereocenters. The van der Waals surface area contributed by atoms with E-state index in [9.17, 15) is 19.2 Å². The first kappa shape index (κ1) is 24.1. The predicted octanol–water partition coefficient (Wildman–Crippen LogP) is 1.07. The Morgan fingerprint density at radius 1 is 0.667 bits per heavy atom. The molecule has 2 rings (SSSR count). The van der Waals surface area contributed by atoms with Crippen LogP contribution in [0.3, 0.4) is 0 Å². The van der Waals surface area contributed by atoms with Crippen LogP contribution in [0.1, 0.15) is 53.4 Å². The molecule has 6 atom stereocenters. The molecule has 0 N–H and O–H groups in total.